The van der Waals surface area contributed by atoms with Crippen LogP contribution < -0.4 is 5.32 Å². The number of aryl methyl sites for hydroxylation is 1. The zero-order valence-electron chi connectivity index (χ0n) is 14.9. The molecule has 4 heteroatoms. The van der Waals surface area contributed by atoms with Crippen LogP contribution in [0.2, 0.25) is 0 Å². The lowest BCUT2D eigenvalue weighted by Crippen LogP contribution is -2.45. The normalized spacial score (nSPS) is 17.4. The molecule has 25 heavy (non-hydrogen) atoms. The zero-order valence-corrected chi connectivity index (χ0v) is 14.9. The van der Waals surface area contributed by atoms with Crippen LogP contribution in [0.15, 0.2) is 42.5 Å². The fourth-order valence-electron chi connectivity index (χ4n) is 4.30. The van der Waals surface area contributed by atoms with Gasteiger partial charge in [0.1, 0.15) is 0 Å². The van der Waals surface area contributed by atoms with E-state index < -0.39 is 0 Å². The molecular formula is C21H27N3O. The maximum Gasteiger partial charge on any atom is 0.0491 e. The minimum atomic E-state index is 0.226. The third kappa shape index (κ3) is 2.95. The van der Waals surface area contributed by atoms with Crippen molar-refractivity contribution < 1.29 is 5.11 Å². The van der Waals surface area contributed by atoms with Crippen LogP contribution in [0, 0.1) is 0 Å². The van der Waals surface area contributed by atoms with Gasteiger partial charge in [0.2, 0.25) is 0 Å². The molecule has 0 bridgehead atoms. The second kappa shape index (κ2) is 7.16. The molecule has 0 spiro atoms. The molecule has 2 heterocycles. The van der Waals surface area contributed by atoms with E-state index in [2.05, 4.69) is 64.2 Å². The first-order chi connectivity index (χ1) is 12.3. The van der Waals surface area contributed by atoms with Crippen LogP contribution in [0.5, 0.6) is 0 Å². The molecule has 1 fully saturated rings. The lowest BCUT2D eigenvalue weighted by atomic mass is 9.99. The van der Waals surface area contributed by atoms with Crippen molar-refractivity contribution in [3.05, 3.63) is 48.0 Å². The van der Waals surface area contributed by atoms with Crippen molar-refractivity contribution in [2.24, 2.45) is 0 Å². The largest absolute Gasteiger partial charge is 0.396 e. The minimum Gasteiger partial charge on any atom is -0.396 e. The Kier molecular flexibility index (Phi) is 4.75. The predicted octanol–water partition coefficient (Wildman–Crippen LogP) is 3.14. The quantitative estimate of drug-likeness (QED) is 0.751. The van der Waals surface area contributed by atoms with Crippen LogP contribution in [-0.2, 0) is 6.54 Å². The number of nitrogens with one attached hydrogen (secondary N) is 1. The van der Waals surface area contributed by atoms with Gasteiger partial charge in [0, 0.05) is 67.2 Å². The Morgan fingerprint density at radius 3 is 2.56 bits per heavy atom. The molecule has 2 N–H and O–H groups in total. The highest BCUT2D eigenvalue weighted by Gasteiger charge is 2.22. The van der Waals surface area contributed by atoms with Crippen LogP contribution in [0.25, 0.3) is 21.8 Å². The first-order valence-electron chi connectivity index (χ1n) is 9.40. The molecule has 0 unspecified atom stereocenters. The Bertz CT molecular complexity index is 864. The van der Waals surface area contributed by atoms with Gasteiger partial charge >= 0.3 is 0 Å². The van der Waals surface area contributed by atoms with Crippen LogP contribution >= 0.6 is 0 Å². The number of aliphatic hydroxyl groups excluding tert-OH is 1. The number of benzene rings is 2. The van der Waals surface area contributed by atoms with Crippen LogP contribution in [0.1, 0.15) is 24.9 Å². The van der Waals surface area contributed by atoms with Crippen molar-refractivity contribution in [3.63, 3.8) is 0 Å². The van der Waals surface area contributed by atoms with E-state index in [1.807, 2.05) is 0 Å². The third-order valence-corrected chi connectivity index (χ3v) is 5.49. The van der Waals surface area contributed by atoms with Gasteiger partial charge in [-0.05, 0) is 37.1 Å². The summed E-state index contributed by atoms with van der Waals surface area (Å²) in [6.45, 7) is 7.54. The Morgan fingerprint density at radius 2 is 1.80 bits per heavy atom. The summed E-state index contributed by atoms with van der Waals surface area (Å²) < 4.78 is 2.39. The van der Waals surface area contributed by atoms with Crippen LogP contribution in [0.4, 0.5) is 0 Å². The third-order valence-electron chi connectivity index (χ3n) is 5.49. The molecule has 0 aliphatic carbocycles. The lowest BCUT2D eigenvalue weighted by Gasteiger charge is -2.35. The molecular weight excluding hydrogens is 310 g/mol. The molecule has 1 saturated heterocycles. The van der Waals surface area contributed by atoms with Crippen molar-refractivity contribution in [2.45, 2.75) is 25.9 Å². The molecule has 1 aliphatic rings. The first-order valence-corrected chi connectivity index (χ1v) is 9.40. The van der Waals surface area contributed by atoms with Crippen LogP contribution in [-0.4, -0.2) is 47.4 Å². The highest BCUT2D eigenvalue weighted by molar-refractivity contribution is 6.08. The minimum absolute atomic E-state index is 0.226. The number of nitrogens with zero attached hydrogens (tertiary/aromatic N) is 2. The maximum absolute atomic E-state index is 9.61. The Morgan fingerprint density at radius 1 is 1.04 bits per heavy atom. The number of fused-ring (bicyclic) bond motifs is 3. The number of hydrogen-bond donors (Lipinski definition) is 2. The van der Waals surface area contributed by atoms with Gasteiger partial charge in [-0.1, -0.05) is 24.3 Å². The molecule has 1 aromatic heterocycles. The van der Waals surface area contributed by atoms with E-state index >= 15 is 0 Å². The number of piperazine rings is 1. The number of aromatic nitrogens is 1. The van der Waals surface area contributed by atoms with E-state index in [1.54, 1.807) is 0 Å². The maximum atomic E-state index is 9.61. The van der Waals surface area contributed by atoms with Gasteiger partial charge in [0.25, 0.3) is 0 Å². The summed E-state index contributed by atoms with van der Waals surface area (Å²) >= 11 is 0. The number of hydrogen-bond acceptors (Lipinski definition) is 3. The first kappa shape index (κ1) is 16.6. The molecule has 0 amide bonds. The molecule has 4 rings (SSSR count). The number of para-hydroxylation sites is 1. The smallest absolute Gasteiger partial charge is 0.0491 e. The van der Waals surface area contributed by atoms with E-state index in [0.29, 0.717) is 6.04 Å². The van der Waals surface area contributed by atoms with Gasteiger partial charge < -0.3 is 15.0 Å². The molecule has 132 valence electrons. The topological polar surface area (TPSA) is 40.4 Å². The van der Waals surface area contributed by atoms with Crippen LogP contribution in [0.3, 0.4) is 0 Å². The average Bonchev–Trinajstić information content (AvgIpc) is 3.00. The van der Waals surface area contributed by atoms with Gasteiger partial charge in [-0.25, -0.2) is 0 Å². The molecule has 1 atom stereocenters. The Hall–Kier alpha value is -1.88. The summed E-state index contributed by atoms with van der Waals surface area (Å²) in [4.78, 5) is 2.51. The molecule has 4 nitrogen and oxygen atoms in total. The van der Waals surface area contributed by atoms with E-state index in [0.717, 1.165) is 39.1 Å². The summed E-state index contributed by atoms with van der Waals surface area (Å²) in [5.41, 5.74) is 3.93. The SMILES string of the molecule is CCn1c2ccccc2c2cc([C@H](CCO)N3CCNCC3)ccc21. The fourth-order valence-corrected chi connectivity index (χ4v) is 4.30. The Balaban J connectivity index is 1.82. The standard InChI is InChI=1S/C21H27N3O/c1-2-24-20-6-4-3-5-17(20)18-15-16(7-8-21(18)24)19(9-14-25)23-12-10-22-11-13-23/h3-8,15,19,22,25H,2,9-14H2,1H3/t19-/m0/s1. The van der Waals surface area contributed by atoms with Crippen molar-refractivity contribution in [1.82, 2.24) is 14.8 Å². The van der Waals surface area contributed by atoms with E-state index in [4.69, 9.17) is 0 Å². The summed E-state index contributed by atoms with van der Waals surface area (Å²) in [5, 5.41) is 15.7. The number of aliphatic hydroxyl groups is 1. The average molecular weight is 337 g/mol. The molecule has 0 saturated carbocycles. The fraction of sp³-hybridized carbons (Fsp3) is 0.429. The Labute approximate surface area is 149 Å². The van der Waals surface area contributed by atoms with Gasteiger partial charge in [0.15, 0.2) is 0 Å². The molecule has 0 radical (unpaired) electrons. The molecule has 1 aliphatic heterocycles. The second-order valence-electron chi connectivity index (χ2n) is 6.85. The summed E-state index contributed by atoms with van der Waals surface area (Å²) in [6, 6.07) is 15.8. The number of rotatable bonds is 5. The van der Waals surface area contributed by atoms with Crippen molar-refractivity contribution in [2.75, 3.05) is 32.8 Å². The molecule has 2 aromatic carbocycles. The summed E-state index contributed by atoms with van der Waals surface area (Å²) in [5.74, 6) is 0. The highest BCUT2D eigenvalue weighted by atomic mass is 16.3. The van der Waals surface area contributed by atoms with Crippen molar-refractivity contribution in [1.29, 1.82) is 0 Å². The van der Waals surface area contributed by atoms with Gasteiger partial charge in [-0.3, -0.25) is 4.90 Å². The van der Waals surface area contributed by atoms with E-state index in [-0.39, 0.29) is 6.61 Å². The van der Waals surface area contributed by atoms with Crippen molar-refractivity contribution in [3.8, 4) is 0 Å². The van der Waals surface area contributed by atoms with Gasteiger partial charge in [0.05, 0.1) is 0 Å². The predicted molar refractivity (Wildman–Crippen MR) is 104 cm³/mol. The lowest BCUT2D eigenvalue weighted by molar-refractivity contribution is 0.141. The zero-order chi connectivity index (χ0) is 17.2. The second-order valence-corrected chi connectivity index (χ2v) is 6.85. The van der Waals surface area contributed by atoms with Gasteiger partial charge in [-0.15, -0.1) is 0 Å². The van der Waals surface area contributed by atoms with E-state index in [9.17, 15) is 5.11 Å². The monoisotopic (exact) mass is 337 g/mol. The highest BCUT2D eigenvalue weighted by Crippen LogP contribution is 2.33. The van der Waals surface area contributed by atoms with E-state index in [1.165, 1.54) is 27.4 Å². The summed E-state index contributed by atoms with van der Waals surface area (Å²) in [7, 11) is 0. The van der Waals surface area contributed by atoms with Crippen molar-refractivity contribution >= 4 is 21.8 Å². The molecule has 3 aromatic rings. The van der Waals surface area contributed by atoms with Gasteiger partial charge in [-0.2, -0.15) is 0 Å². The summed E-state index contributed by atoms with van der Waals surface area (Å²) in [6.07, 6.45) is 0.790.